The molecular weight excluding hydrogens is 298 g/mol. The summed E-state index contributed by atoms with van der Waals surface area (Å²) < 4.78 is 5.21. The van der Waals surface area contributed by atoms with Gasteiger partial charge in [0.1, 0.15) is 5.76 Å². The van der Waals surface area contributed by atoms with Crippen molar-refractivity contribution in [1.29, 1.82) is 0 Å². The Balaban J connectivity index is 1.40. The molecule has 4 aliphatic carbocycles. The van der Waals surface area contributed by atoms with Crippen LogP contribution in [0.5, 0.6) is 0 Å². The van der Waals surface area contributed by atoms with Gasteiger partial charge in [-0.1, -0.05) is 0 Å². The molecular formula is C20H25N3O. The van der Waals surface area contributed by atoms with Gasteiger partial charge in [0.15, 0.2) is 0 Å². The molecule has 0 radical (unpaired) electrons. The van der Waals surface area contributed by atoms with Gasteiger partial charge >= 0.3 is 0 Å². The van der Waals surface area contributed by atoms with Crippen LogP contribution in [0.1, 0.15) is 38.5 Å². The number of allylic oxidation sites excluding steroid dienone is 1. The highest BCUT2D eigenvalue weighted by Crippen LogP contribution is 2.55. The Bertz CT molecular complexity index is 794. The number of H-pyrrole nitrogens is 1. The minimum absolute atomic E-state index is 0.363. The van der Waals surface area contributed by atoms with Crippen molar-refractivity contribution in [2.75, 3.05) is 7.11 Å². The summed E-state index contributed by atoms with van der Waals surface area (Å²) in [7, 11) is 1.67. The van der Waals surface area contributed by atoms with Gasteiger partial charge in [-0.2, -0.15) is 0 Å². The van der Waals surface area contributed by atoms with Crippen LogP contribution >= 0.6 is 0 Å². The van der Waals surface area contributed by atoms with E-state index in [1.807, 2.05) is 6.08 Å². The van der Waals surface area contributed by atoms with Crippen LogP contribution in [-0.4, -0.2) is 23.8 Å². The van der Waals surface area contributed by atoms with Crippen molar-refractivity contribution in [1.82, 2.24) is 10.3 Å². The highest BCUT2D eigenvalue weighted by molar-refractivity contribution is 5.89. The zero-order chi connectivity index (χ0) is 16.1. The molecule has 2 heterocycles. The summed E-state index contributed by atoms with van der Waals surface area (Å²) in [5, 5.41) is 5.99. The number of aliphatic imine (C=N–C) groups is 1. The molecule has 0 saturated heterocycles. The van der Waals surface area contributed by atoms with Gasteiger partial charge in [-0.15, -0.1) is 0 Å². The van der Waals surface area contributed by atoms with E-state index < -0.39 is 0 Å². The molecule has 1 aromatic rings. The molecule has 1 aliphatic heterocycles. The number of aromatic nitrogens is 1. The number of methoxy groups -OCH3 is 1. The minimum Gasteiger partial charge on any atom is -0.495 e. The summed E-state index contributed by atoms with van der Waals surface area (Å²) in [5.41, 5.74) is 1.29. The first-order valence-electron chi connectivity index (χ1n) is 9.18. The van der Waals surface area contributed by atoms with E-state index in [0.29, 0.717) is 5.54 Å². The Kier molecular flexibility index (Phi) is 3.15. The van der Waals surface area contributed by atoms with Crippen LogP contribution in [0.2, 0.25) is 0 Å². The SMILES string of the molecule is COC1=CC(=c2ccc(=CNC34CC5CC(CC(C5)C3)C4)[nH]2)N=C1. The summed E-state index contributed by atoms with van der Waals surface area (Å²) in [6, 6.07) is 4.22. The van der Waals surface area contributed by atoms with Crippen LogP contribution in [0.15, 0.2) is 29.0 Å². The van der Waals surface area contributed by atoms with Crippen molar-refractivity contribution in [2.24, 2.45) is 22.7 Å². The van der Waals surface area contributed by atoms with Crippen molar-refractivity contribution in [3.63, 3.8) is 0 Å². The maximum absolute atomic E-state index is 5.21. The molecule has 6 rings (SSSR count). The number of rotatable bonds is 3. The molecule has 0 spiro atoms. The molecule has 126 valence electrons. The molecule has 4 heteroatoms. The third-order valence-corrected chi connectivity index (χ3v) is 6.40. The van der Waals surface area contributed by atoms with E-state index >= 15 is 0 Å². The number of hydrogen-bond donors (Lipinski definition) is 2. The highest BCUT2D eigenvalue weighted by atomic mass is 16.5. The van der Waals surface area contributed by atoms with Crippen molar-refractivity contribution in [3.8, 4) is 0 Å². The molecule has 4 saturated carbocycles. The third-order valence-electron chi connectivity index (χ3n) is 6.40. The highest BCUT2D eigenvalue weighted by Gasteiger charge is 2.50. The second kappa shape index (κ2) is 5.27. The Labute approximate surface area is 142 Å². The van der Waals surface area contributed by atoms with E-state index in [1.54, 1.807) is 13.3 Å². The zero-order valence-electron chi connectivity index (χ0n) is 14.2. The molecule has 0 atom stereocenters. The number of nitrogens with one attached hydrogen (secondary N) is 2. The Morgan fingerprint density at radius 1 is 1.17 bits per heavy atom. The predicted molar refractivity (Wildman–Crippen MR) is 95.5 cm³/mol. The third kappa shape index (κ3) is 2.40. The molecule has 4 bridgehead atoms. The molecule has 4 fully saturated rings. The standard InChI is InChI=1S/C20H25N3O/c1-24-17-7-19(21-12-17)18-3-2-16(23-18)11-22-20-8-13-4-14(9-20)6-15(5-13)10-20/h2-3,7,11-15,22-23H,4-6,8-10H2,1H3. The molecule has 5 aliphatic rings. The molecule has 0 amide bonds. The van der Waals surface area contributed by atoms with Crippen LogP contribution in [0, 0.1) is 17.8 Å². The van der Waals surface area contributed by atoms with Crippen LogP contribution in [-0.2, 0) is 4.74 Å². The van der Waals surface area contributed by atoms with Crippen molar-refractivity contribution in [2.45, 2.75) is 44.1 Å². The average Bonchev–Trinajstić information content (AvgIpc) is 3.21. The Morgan fingerprint density at radius 2 is 1.88 bits per heavy atom. The van der Waals surface area contributed by atoms with E-state index in [4.69, 9.17) is 4.74 Å². The van der Waals surface area contributed by atoms with Crippen molar-refractivity contribution >= 4 is 18.1 Å². The first-order valence-corrected chi connectivity index (χ1v) is 9.18. The molecule has 0 unspecified atom stereocenters. The molecule has 24 heavy (non-hydrogen) atoms. The largest absolute Gasteiger partial charge is 0.495 e. The van der Waals surface area contributed by atoms with Gasteiger partial charge in [-0.25, -0.2) is 0 Å². The van der Waals surface area contributed by atoms with E-state index in [9.17, 15) is 0 Å². The molecule has 1 aromatic heterocycles. The number of hydrogen-bond acceptors (Lipinski definition) is 3. The lowest BCUT2D eigenvalue weighted by Crippen LogP contribution is -2.57. The van der Waals surface area contributed by atoms with Crippen LogP contribution in [0.25, 0.3) is 11.9 Å². The van der Waals surface area contributed by atoms with Crippen LogP contribution in [0.4, 0.5) is 0 Å². The van der Waals surface area contributed by atoms with Gasteiger partial charge in [0.05, 0.1) is 29.7 Å². The summed E-state index contributed by atoms with van der Waals surface area (Å²) in [5.74, 6) is 3.71. The molecule has 4 nitrogen and oxygen atoms in total. The predicted octanol–water partition coefficient (Wildman–Crippen LogP) is 2.03. The Morgan fingerprint density at radius 3 is 2.50 bits per heavy atom. The summed E-state index contributed by atoms with van der Waals surface area (Å²) in [6.45, 7) is 0. The lowest BCUT2D eigenvalue weighted by molar-refractivity contribution is -0.0107. The number of aromatic amines is 1. The smallest absolute Gasteiger partial charge is 0.139 e. The normalized spacial score (nSPS) is 39.5. The maximum atomic E-state index is 5.21. The van der Waals surface area contributed by atoms with Gasteiger partial charge in [0, 0.05) is 17.8 Å². The van der Waals surface area contributed by atoms with Gasteiger partial charge in [0.25, 0.3) is 0 Å². The molecule has 2 N–H and O–H groups in total. The zero-order valence-corrected chi connectivity index (χ0v) is 14.2. The van der Waals surface area contributed by atoms with Gasteiger partial charge in [0.2, 0.25) is 0 Å². The summed E-state index contributed by atoms with van der Waals surface area (Å²) in [6.07, 6.45) is 14.5. The second-order valence-corrected chi connectivity index (χ2v) is 8.21. The summed E-state index contributed by atoms with van der Waals surface area (Å²) in [4.78, 5) is 7.86. The van der Waals surface area contributed by atoms with E-state index in [0.717, 1.165) is 39.9 Å². The van der Waals surface area contributed by atoms with E-state index in [2.05, 4.69) is 33.6 Å². The number of ether oxygens (including phenoxy) is 1. The first-order chi connectivity index (χ1) is 11.7. The second-order valence-electron chi connectivity index (χ2n) is 8.21. The van der Waals surface area contributed by atoms with Gasteiger partial charge < -0.3 is 15.0 Å². The quantitative estimate of drug-likeness (QED) is 0.894. The average molecular weight is 323 g/mol. The topological polar surface area (TPSA) is 49.4 Å². The summed E-state index contributed by atoms with van der Waals surface area (Å²) >= 11 is 0. The molecule has 0 aromatic carbocycles. The Hall–Kier alpha value is -1.97. The fraction of sp³-hybridized carbons (Fsp3) is 0.550. The lowest BCUT2D eigenvalue weighted by atomic mass is 9.53. The van der Waals surface area contributed by atoms with Crippen molar-refractivity contribution in [3.05, 3.63) is 34.7 Å². The van der Waals surface area contributed by atoms with Crippen LogP contribution < -0.4 is 16.0 Å². The lowest BCUT2D eigenvalue weighted by Gasteiger charge is -2.56. The fourth-order valence-corrected chi connectivity index (χ4v) is 5.77. The van der Waals surface area contributed by atoms with E-state index in [1.165, 1.54) is 38.5 Å². The monoisotopic (exact) mass is 323 g/mol. The number of nitrogens with zero attached hydrogens (tertiary/aromatic N) is 1. The van der Waals surface area contributed by atoms with Gasteiger partial charge in [-0.05, 0) is 68.4 Å². The minimum atomic E-state index is 0.363. The fourth-order valence-electron chi connectivity index (χ4n) is 5.77. The first kappa shape index (κ1) is 14.4. The van der Waals surface area contributed by atoms with Crippen LogP contribution in [0.3, 0.4) is 0 Å². The van der Waals surface area contributed by atoms with Crippen molar-refractivity contribution < 1.29 is 4.74 Å². The van der Waals surface area contributed by atoms with Gasteiger partial charge in [-0.3, -0.25) is 4.99 Å². The van der Waals surface area contributed by atoms with E-state index in [-0.39, 0.29) is 0 Å². The maximum Gasteiger partial charge on any atom is 0.139 e.